The highest BCUT2D eigenvalue weighted by Crippen LogP contribution is 2.47. The van der Waals surface area contributed by atoms with Gasteiger partial charge in [-0.05, 0) is 87.1 Å². The fourth-order valence-corrected chi connectivity index (χ4v) is 7.95. The van der Waals surface area contributed by atoms with Crippen molar-refractivity contribution in [1.82, 2.24) is 30.4 Å². The van der Waals surface area contributed by atoms with Crippen molar-refractivity contribution >= 4 is 11.7 Å². The number of nitrogens with one attached hydrogen (secondary N) is 2. The van der Waals surface area contributed by atoms with Gasteiger partial charge in [-0.2, -0.15) is 0 Å². The van der Waals surface area contributed by atoms with E-state index in [1.165, 1.54) is 43.8 Å². The standard InChI is InChI=1S/C32H36FN7O3/c33-21-6-8-25(24(14-21)23-7-9-26(41)37-27(23)19-4-5-19)43-30-29(35-18-36-38-30)40-16-32(17-40)10-12-39(13-11-32)31(42)28-22-3-1-2-20(22)15-34-28/h6-9,14,18-20,22,28,34H,1-5,10-13,15-17H2,(H,37,41)/t20-,22-,28-/m0/s1. The molecule has 1 aromatic carbocycles. The molecule has 2 N–H and O–H groups in total. The molecule has 3 aromatic rings. The molecule has 5 aliphatic rings. The third-order valence-electron chi connectivity index (χ3n) is 10.4. The van der Waals surface area contributed by atoms with E-state index < -0.39 is 5.82 Å². The molecule has 11 heteroatoms. The normalized spacial score (nSPS) is 25.9. The Labute approximate surface area is 249 Å². The molecule has 3 saturated heterocycles. The number of anilines is 1. The third-order valence-corrected chi connectivity index (χ3v) is 10.4. The Balaban J connectivity index is 0.969. The van der Waals surface area contributed by atoms with Crippen LogP contribution in [0.5, 0.6) is 11.6 Å². The lowest BCUT2D eigenvalue weighted by Gasteiger charge is -2.54. The second kappa shape index (κ2) is 10.4. The lowest BCUT2D eigenvalue weighted by atomic mass is 9.72. The molecule has 224 valence electrons. The van der Waals surface area contributed by atoms with Crippen molar-refractivity contribution in [2.75, 3.05) is 37.6 Å². The molecule has 0 unspecified atom stereocenters. The van der Waals surface area contributed by atoms with Crippen LogP contribution in [0.1, 0.15) is 56.6 Å². The van der Waals surface area contributed by atoms with Crippen molar-refractivity contribution < 1.29 is 13.9 Å². The third kappa shape index (κ3) is 4.87. The Morgan fingerprint density at radius 3 is 2.70 bits per heavy atom. The number of H-pyrrole nitrogens is 1. The Morgan fingerprint density at radius 2 is 1.88 bits per heavy atom. The van der Waals surface area contributed by atoms with E-state index in [1.54, 1.807) is 12.1 Å². The predicted molar refractivity (Wildman–Crippen MR) is 157 cm³/mol. The molecule has 2 saturated carbocycles. The summed E-state index contributed by atoms with van der Waals surface area (Å²) < 4.78 is 20.8. The fourth-order valence-electron chi connectivity index (χ4n) is 7.95. The first-order valence-corrected chi connectivity index (χ1v) is 15.6. The number of halogens is 1. The summed E-state index contributed by atoms with van der Waals surface area (Å²) in [4.78, 5) is 37.1. The number of pyridine rings is 1. The fraction of sp³-hybridized carbons (Fsp3) is 0.531. The van der Waals surface area contributed by atoms with Crippen LogP contribution in [0.4, 0.5) is 10.2 Å². The number of rotatable bonds is 6. The molecule has 8 rings (SSSR count). The molecule has 5 fully saturated rings. The van der Waals surface area contributed by atoms with Gasteiger partial charge in [0.05, 0.1) is 6.04 Å². The SMILES string of the molecule is O=C([C@H]1NC[C@@H]2CCC[C@@H]21)N1CCC2(CC1)CN(c1ncnnc1Oc1ccc(F)cc1-c1ccc(=O)[nH]c1C1CC1)C2. The van der Waals surface area contributed by atoms with Crippen molar-refractivity contribution in [1.29, 1.82) is 0 Å². The second-order valence-electron chi connectivity index (χ2n) is 13.2. The number of likely N-dealkylation sites (tertiary alicyclic amines) is 1. The second-order valence-corrected chi connectivity index (χ2v) is 13.2. The monoisotopic (exact) mass is 585 g/mol. The minimum atomic E-state index is -0.394. The van der Waals surface area contributed by atoms with E-state index in [4.69, 9.17) is 4.74 Å². The first-order valence-electron chi connectivity index (χ1n) is 15.6. The van der Waals surface area contributed by atoms with E-state index in [2.05, 4.69) is 35.3 Å². The largest absolute Gasteiger partial charge is 0.434 e. The van der Waals surface area contributed by atoms with Gasteiger partial charge in [-0.1, -0.05) is 6.42 Å². The summed E-state index contributed by atoms with van der Waals surface area (Å²) >= 11 is 0. The van der Waals surface area contributed by atoms with Crippen molar-refractivity contribution in [3.8, 4) is 22.8 Å². The first kappa shape index (κ1) is 26.7. The number of aromatic nitrogens is 4. The van der Waals surface area contributed by atoms with Crippen LogP contribution in [0.3, 0.4) is 0 Å². The van der Waals surface area contributed by atoms with Gasteiger partial charge < -0.3 is 24.8 Å². The molecule has 2 aromatic heterocycles. The van der Waals surface area contributed by atoms with Gasteiger partial charge in [-0.25, -0.2) is 9.37 Å². The number of hydrogen-bond acceptors (Lipinski definition) is 8. The average molecular weight is 586 g/mol. The van der Waals surface area contributed by atoms with Crippen LogP contribution in [0, 0.1) is 23.1 Å². The van der Waals surface area contributed by atoms with Crippen molar-refractivity contribution in [2.24, 2.45) is 17.3 Å². The number of amides is 1. The summed E-state index contributed by atoms with van der Waals surface area (Å²) in [6, 6.07) is 7.56. The van der Waals surface area contributed by atoms with Gasteiger partial charge in [-0.3, -0.25) is 9.59 Å². The molecular weight excluding hydrogens is 549 g/mol. The molecule has 0 radical (unpaired) electrons. The maximum atomic E-state index is 14.5. The van der Waals surface area contributed by atoms with Crippen LogP contribution < -0.4 is 20.5 Å². The zero-order valence-electron chi connectivity index (χ0n) is 24.1. The number of carbonyl (C=O) groups is 1. The van der Waals surface area contributed by atoms with Gasteiger partial charge in [0.15, 0.2) is 5.82 Å². The zero-order chi connectivity index (χ0) is 29.1. The van der Waals surface area contributed by atoms with Gasteiger partial charge in [0.25, 0.3) is 5.88 Å². The first-order chi connectivity index (χ1) is 21.0. The van der Waals surface area contributed by atoms with Crippen LogP contribution in [-0.4, -0.2) is 69.7 Å². The maximum absolute atomic E-state index is 14.5. The number of hydrogen-bond donors (Lipinski definition) is 2. The van der Waals surface area contributed by atoms with Gasteiger partial charge in [0.2, 0.25) is 11.5 Å². The van der Waals surface area contributed by atoms with Crippen LogP contribution in [0.15, 0.2) is 41.5 Å². The smallest absolute Gasteiger partial charge is 0.282 e. The quantitative estimate of drug-likeness (QED) is 0.448. The number of carbonyl (C=O) groups excluding carboxylic acids is 1. The number of aromatic amines is 1. The Hall–Kier alpha value is -3.86. The number of ether oxygens (including phenoxy) is 1. The summed E-state index contributed by atoms with van der Waals surface area (Å²) in [6.45, 7) is 4.16. The summed E-state index contributed by atoms with van der Waals surface area (Å²) in [5, 5.41) is 11.8. The molecule has 10 nitrogen and oxygen atoms in total. The maximum Gasteiger partial charge on any atom is 0.282 e. The highest BCUT2D eigenvalue weighted by atomic mass is 19.1. The lowest BCUT2D eigenvalue weighted by Crippen LogP contribution is -2.62. The van der Waals surface area contributed by atoms with Crippen LogP contribution >= 0.6 is 0 Å². The number of benzene rings is 1. The van der Waals surface area contributed by atoms with Gasteiger partial charge in [0, 0.05) is 54.5 Å². The summed E-state index contributed by atoms with van der Waals surface area (Å²) in [6.07, 6.45) is 8.98. The molecule has 0 bridgehead atoms. The zero-order valence-corrected chi connectivity index (χ0v) is 24.1. The van der Waals surface area contributed by atoms with Crippen molar-refractivity contribution in [3.63, 3.8) is 0 Å². The highest BCUT2D eigenvalue weighted by molar-refractivity contribution is 5.83. The Bertz CT molecular complexity index is 1610. The van der Waals surface area contributed by atoms with E-state index in [9.17, 15) is 14.0 Å². The summed E-state index contributed by atoms with van der Waals surface area (Å²) in [7, 11) is 0. The molecular formula is C32H36FN7O3. The van der Waals surface area contributed by atoms with Gasteiger partial charge >= 0.3 is 0 Å². The van der Waals surface area contributed by atoms with E-state index >= 15 is 0 Å². The predicted octanol–water partition coefficient (Wildman–Crippen LogP) is 3.85. The molecule has 3 aliphatic heterocycles. The molecule has 5 heterocycles. The number of fused-ring (bicyclic) bond motifs is 1. The lowest BCUT2D eigenvalue weighted by molar-refractivity contribution is -0.136. The van der Waals surface area contributed by atoms with E-state index in [1.807, 2.05) is 0 Å². The molecule has 2 aliphatic carbocycles. The van der Waals surface area contributed by atoms with Gasteiger partial charge in [-0.15, -0.1) is 10.2 Å². The number of nitrogens with zero attached hydrogens (tertiary/aromatic N) is 5. The minimum absolute atomic E-state index is 0.000852. The molecule has 1 spiro atoms. The number of piperidine rings is 1. The minimum Gasteiger partial charge on any atom is -0.434 e. The topological polar surface area (TPSA) is 116 Å². The van der Waals surface area contributed by atoms with Crippen LogP contribution in [-0.2, 0) is 4.79 Å². The van der Waals surface area contributed by atoms with Crippen LogP contribution in [0.2, 0.25) is 0 Å². The average Bonchev–Trinajstić information content (AvgIpc) is 3.62. The highest BCUT2D eigenvalue weighted by Gasteiger charge is 2.49. The molecule has 43 heavy (non-hydrogen) atoms. The summed E-state index contributed by atoms with van der Waals surface area (Å²) in [5.41, 5.74) is 2.06. The van der Waals surface area contributed by atoms with E-state index in [0.717, 1.165) is 69.7 Å². The van der Waals surface area contributed by atoms with Gasteiger partial charge in [0.1, 0.15) is 17.9 Å². The van der Waals surface area contributed by atoms with E-state index in [-0.39, 0.29) is 28.8 Å². The Morgan fingerprint density at radius 1 is 1.05 bits per heavy atom. The van der Waals surface area contributed by atoms with Crippen molar-refractivity contribution in [2.45, 2.75) is 56.9 Å². The van der Waals surface area contributed by atoms with Crippen molar-refractivity contribution in [3.05, 3.63) is 58.5 Å². The molecule has 1 amide bonds. The van der Waals surface area contributed by atoms with Crippen LogP contribution in [0.25, 0.3) is 11.1 Å². The Kier molecular flexibility index (Phi) is 6.47. The summed E-state index contributed by atoms with van der Waals surface area (Å²) in [5.74, 6) is 2.61. The molecule has 3 atom stereocenters. The van der Waals surface area contributed by atoms with E-state index in [0.29, 0.717) is 34.9 Å².